The number of H-pyrrole nitrogens is 1. The maximum atomic E-state index is 12.6. The minimum atomic E-state index is -0.612. The molecule has 5 nitrogen and oxygen atoms in total. The van der Waals surface area contributed by atoms with Crippen LogP contribution in [0.1, 0.15) is 28.4 Å². The van der Waals surface area contributed by atoms with Gasteiger partial charge in [0.05, 0.1) is 17.8 Å². The Labute approximate surface area is 152 Å². The molecule has 0 saturated carbocycles. The Morgan fingerprint density at radius 3 is 2.62 bits per heavy atom. The van der Waals surface area contributed by atoms with Crippen LogP contribution in [-0.4, -0.2) is 24.1 Å². The molecule has 5 heteroatoms. The van der Waals surface area contributed by atoms with Crippen molar-refractivity contribution < 1.29 is 9.53 Å². The maximum Gasteiger partial charge on any atom is 0.345 e. The first-order chi connectivity index (χ1) is 12.6. The second kappa shape index (κ2) is 7.87. The van der Waals surface area contributed by atoms with Crippen molar-refractivity contribution >= 4 is 22.6 Å². The highest BCUT2D eigenvalue weighted by Crippen LogP contribution is 2.26. The van der Waals surface area contributed by atoms with Gasteiger partial charge in [-0.3, -0.25) is 4.79 Å². The number of rotatable bonds is 6. The monoisotopic (exact) mass is 350 g/mol. The molecule has 134 valence electrons. The van der Waals surface area contributed by atoms with Crippen molar-refractivity contribution in [3.8, 4) is 0 Å². The molecule has 26 heavy (non-hydrogen) atoms. The number of fused-ring (bicyclic) bond motifs is 1. The zero-order valence-electron chi connectivity index (χ0n) is 15.0. The van der Waals surface area contributed by atoms with Crippen molar-refractivity contribution in [3.05, 3.63) is 75.6 Å². The molecule has 0 radical (unpaired) electrons. The third-order valence-corrected chi connectivity index (χ3v) is 4.30. The van der Waals surface area contributed by atoms with Gasteiger partial charge < -0.3 is 15.0 Å². The highest BCUT2D eigenvalue weighted by molar-refractivity contribution is 6.05. The Morgan fingerprint density at radius 2 is 1.88 bits per heavy atom. The van der Waals surface area contributed by atoms with Gasteiger partial charge in [-0.05, 0) is 31.4 Å². The van der Waals surface area contributed by atoms with E-state index < -0.39 is 11.5 Å². The summed E-state index contributed by atoms with van der Waals surface area (Å²) < 4.78 is 5.09. The third kappa shape index (κ3) is 3.61. The van der Waals surface area contributed by atoms with E-state index in [1.54, 1.807) is 6.92 Å². The number of esters is 1. The summed E-state index contributed by atoms with van der Waals surface area (Å²) in [5.41, 5.74) is 2.98. The number of benzene rings is 2. The van der Waals surface area contributed by atoms with Crippen LogP contribution < -0.4 is 10.9 Å². The summed E-state index contributed by atoms with van der Waals surface area (Å²) in [6.07, 6.45) is 0.781. The molecule has 0 aliphatic rings. The first kappa shape index (κ1) is 17.7. The minimum absolute atomic E-state index is 0.0259. The highest BCUT2D eigenvalue weighted by Gasteiger charge is 2.21. The molecule has 3 aromatic rings. The SMILES string of the molecule is CCOC(=O)c1c(NCCc2ccccc2)c2cccc(C)c2[nH]c1=O. The number of aromatic nitrogens is 1. The van der Waals surface area contributed by atoms with Crippen LogP contribution in [0.3, 0.4) is 0 Å². The van der Waals surface area contributed by atoms with E-state index in [4.69, 9.17) is 4.74 Å². The summed E-state index contributed by atoms with van der Waals surface area (Å²) in [5.74, 6) is -0.612. The second-order valence-corrected chi connectivity index (χ2v) is 6.08. The molecular weight excluding hydrogens is 328 g/mol. The summed E-state index contributed by atoms with van der Waals surface area (Å²) in [5, 5.41) is 4.10. The Hall–Kier alpha value is -3.08. The van der Waals surface area contributed by atoms with Crippen LogP contribution in [0, 0.1) is 6.92 Å². The van der Waals surface area contributed by atoms with Crippen molar-refractivity contribution in [2.24, 2.45) is 0 Å². The predicted molar refractivity (Wildman–Crippen MR) is 104 cm³/mol. The summed E-state index contributed by atoms with van der Waals surface area (Å²) in [6.45, 7) is 4.46. The van der Waals surface area contributed by atoms with E-state index in [0.717, 1.165) is 22.9 Å². The van der Waals surface area contributed by atoms with Crippen molar-refractivity contribution in [2.75, 3.05) is 18.5 Å². The molecular formula is C21H22N2O3. The molecule has 0 aliphatic carbocycles. The summed E-state index contributed by atoms with van der Waals surface area (Å²) in [6, 6.07) is 15.8. The molecule has 2 aromatic carbocycles. The molecule has 0 bridgehead atoms. The lowest BCUT2D eigenvalue weighted by Gasteiger charge is -2.15. The fourth-order valence-electron chi connectivity index (χ4n) is 3.02. The number of nitrogens with one attached hydrogen (secondary N) is 2. The van der Waals surface area contributed by atoms with Gasteiger partial charge in [0.2, 0.25) is 0 Å². The number of aryl methyl sites for hydroxylation is 1. The molecule has 0 fully saturated rings. The molecule has 1 aromatic heterocycles. The van der Waals surface area contributed by atoms with Gasteiger partial charge in [-0.1, -0.05) is 48.5 Å². The number of carbonyl (C=O) groups is 1. The Balaban J connectivity index is 2.01. The van der Waals surface area contributed by atoms with Crippen LogP contribution >= 0.6 is 0 Å². The van der Waals surface area contributed by atoms with E-state index in [9.17, 15) is 9.59 Å². The topological polar surface area (TPSA) is 71.2 Å². The Kier molecular flexibility index (Phi) is 5.37. The number of ether oxygens (including phenoxy) is 1. The average Bonchev–Trinajstić information content (AvgIpc) is 2.63. The van der Waals surface area contributed by atoms with Crippen molar-refractivity contribution in [3.63, 3.8) is 0 Å². The first-order valence-electron chi connectivity index (χ1n) is 8.72. The van der Waals surface area contributed by atoms with E-state index in [1.165, 1.54) is 5.56 Å². The Morgan fingerprint density at radius 1 is 1.12 bits per heavy atom. The van der Waals surface area contributed by atoms with E-state index in [0.29, 0.717) is 12.2 Å². The van der Waals surface area contributed by atoms with Gasteiger partial charge in [0.25, 0.3) is 5.56 Å². The standard InChI is InChI=1S/C21H22N2O3/c1-3-26-21(25)17-19(22-13-12-15-9-5-4-6-10-15)16-11-7-8-14(2)18(16)23-20(17)24/h4-11H,3,12-13H2,1-2H3,(H2,22,23,24). The smallest absolute Gasteiger partial charge is 0.345 e. The highest BCUT2D eigenvalue weighted by atomic mass is 16.5. The molecule has 0 atom stereocenters. The maximum absolute atomic E-state index is 12.6. The van der Waals surface area contributed by atoms with Gasteiger partial charge in [0.1, 0.15) is 5.56 Å². The van der Waals surface area contributed by atoms with Gasteiger partial charge in [0, 0.05) is 11.9 Å². The lowest BCUT2D eigenvalue weighted by Crippen LogP contribution is -2.23. The summed E-state index contributed by atoms with van der Waals surface area (Å²) in [4.78, 5) is 27.7. The molecule has 2 N–H and O–H groups in total. The quantitative estimate of drug-likeness (QED) is 0.666. The lowest BCUT2D eigenvalue weighted by molar-refractivity contribution is 0.0525. The minimum Gasteiger partial charge on any atom is -0.462 e. The molecule has 0 aliphatic heterocycles. The number of hydrogen-bond acceptors (Lipinski definition) is 4. The van der Waals surface area contributed by atoms with Crippen LogP contribution in [-0.2, 0) is 11.2 Å². The molecule has 1 heterocycles. The van der Waals surface area contributed by atoms with E-state index >= 15 is 0 Å². The van der Waals surface area contributed by atoms with Gasteiger partial charge >= 0.3 is 5.97 Å². The third-order valence-electron chi connectivity index (χ3n) is 4.30. The Bertz CT molecular complexity index is 978. The number of hydrogen-bond donors (Lipinski definition) is 2. The van der Waals surface area contributed by atoms with Crippen molar-refractivity contribution in [2.45, 2.75) is 20.3 Å². The van der Waals surface area contributed by atoms with Gasteiger partial charge in [-0.15, -0.1) is 0 Å². The largest absolute Gasteiger partial charge is 0.462 e. The first-order valence-corrected chi connectivity index (χ1v) is 8.72. The van der Waals surface area contributed by atoms with Crippen LogP contribution in [0.25, 0.3) is 10.9 Å². The fourth-order valence-corrected chi connectivity index (χ4v) is 3.02. The van der Waals surface area contributed by atoms with Crippen molar-refractivity contribution in [1.82, 2.24) is 4.98 Å². The second-order valence-electron chi connectivity index (χ2n) is 6.08. The number of para-hydroxylation sites is 1. The van der Waals surface area contributed by atoms with E-state index in [1.807, 2.05) is 55.5 Å². The normalized spacial score (nSPS) is 10.7. The number of anilines is 1. The fraction of sp³-hybridized carbons (Fsp3) is 0.238. The summed E-state index contributed by atoms with van der Waals surface area (Å²) >= 11 is 0. The van der Waals surface area contributed by atoms with Crippen molar-refractivity contribution in [1.29, 1.82) is 0 Å². The molecule has 0 saturated heterocycles. The zero-order chi connectivity index (χ0) is 18.5. The lowest BCUT2D eigenvalue weighted by atomic mass is 10.1. The molecule has 0 spiro atoms. The number of carbonyl (C=O) groups excluding carboxylic acids is 1. The number of aromatic amines is 1. The predicted octanol–water partition coefficient (Wildman–Crippen LogP) is 3.67. The van der Waals surface area contributed by atoms with E-state index in [2.05, 4.69) is 10.3 Å². The van der Waals surface area contributed by atoms with Crippen LogP contribution in [0.4, 0.5) is 5.69 Å². The zero-order valence-corrected chi connectivity index (χ0v) is 15.0. The summed E-state index contributed by atoms with van der Waals surface area (Å²) in [7, 11) is 0. The van der Waals surface area contributed by atoms with Crippen LogP contribution in [0.5, 0.6) is 0 Å². The molecule has 0 unspecified atom stereocenters. The van der Waals surface area contributed by atoms with Gasteiger partial charge in [0.15, 0.2) is 0 Å². The van der Waals surface area contributed by atoms with Gasteiger partial charge in [-0.25, -0.2) is 4.79 Å². The molecule has 3 rings (SSSR count). The average molecular weight is 350 g/mol. The van der Waals surface area contributed by atoms with Crippen LogP contribution in [0.2, 0.25) is 0 Å². The van der Waals surface area contributed by atoms with Gasteiger partial charge in [-0.2, -0.15) is 0 Å². The number of pyridine rings is 1. The molecule has 0 amide bonds. The van der Waals surface area contributed by atoms with E-state index in [-0.39, 0.29) is 12.2 Å². The van der Waals surface area contributed by atoms with Crippen LogP contribution in [0.15, 0.2) is 53.3 Å².